The highest BCUT2D eigenvalue weighted by molar-refractivity contribution is 6.18. The lowest BCUT2D eigenvalue weighted by Crippen LogP contribution is -2.11. The van der Waals surface area contributed by atoms with Crippen molar-refractivity contribution in [2.24, 2.45) is 5.92 Å². The Balaban J connectivity index is 2.36. The molecule has 1 fully saturated rings. The summed E-state index contributed by atoms with van der Waals surface area (Å²) < 4.78 is 5.83. The van der Waals surface area contributed by atoms with Gasteiger partial charge in [-0.15, -0.1) is 11.6 Å². The summed E-state index contributed by atoms with van der Waals surface area (Å²) in [7, 11) is 0. The molecule has 0 bridgehead atoms. The maximum absolute atomic E-state index is 6.00. The zero-order valence-electron chi connectivity index (χ0n) is 10.2. The molecule has 2 heteroatoms. The van der Waals surface area contributed by atoms with Crippen molar-refractivity contribution in [3.05, 3.63) is 34.4 Å². The number of halogens is 1. The molecular formula is C14H19ClO. The minimum atomic E-state index is 0.205. The highest BCUT2D eigenvalue weighted by Crippen LogP contribution is 2.37. The zero-order valence-corrected chi connectivity index (χ0v) is 11.0. The van der Waals surface area contributed by atoms with Crippen molar-refractivity contribution in [3.8, 4) is 0 Å². The normalized spacial score (nSPS) is 25.0. The van der Waals surface area contributed by atoms with E-state index in [1.807, 2.05) is 0 Å². The number of hydrogen-bond acceptors (Lipinski definition) is 1. The molecule has 16 heavy (non-hydrogen) atoms. The summed E-state index contributed by atoms with van der Waals surface area (Å²) in [6.07, 6.45) is 1.29. The molecule has 0 spiro atoms. The molecule has 1 aromatic rings. The second-order valence-electron chi connectivity index (χ2n) is 4.79. The van der Waals surface area contributed by atoms with Gasteiger partial charge in [-0.25, -0.2) is 0 Å². The summed E-state index contributed by atoms with van der Waals surface area (Å²) in [5.74, 6) is 1.17. The molecule has 0 aliphatic carbocycles. The van der Waals surface area contributed by atoms with Crippen LogP contribution in [0.15, 0.2) is 12.1 Å². The van der Waals surface area contributed by atoms with E-state index in [1.165, 1.54) is 22.3 Å². The standard InChI is InChI=1S/C14H19ClO/c1-9-6-11(3)13(7-10(9)2)14-12(8-15)4-5-16-14/h6-7,12,14H,4-5,8H2,1-3H3. The van der Waals surface area contributed by atoms with Gasteiger partial charge in [0.05, 0.1) is 6.10 Å². The number of aryl methyl sites for hydroxylation is 3. The van der Waals surface area contributed by atoms with E-state index < -0.39 is 0 Å². The molecule has 1 nitrogen and oxygen atoms in total. The largest absolute Gasteiger partial charge is 0.373 e. The molecule has 1 aliphatic rings. The van der Waals surface area contributed by atoms with E-state index in [4.69, 9.17) is 16.3 Å². The minimum absolute atomic E-state index is 0.205. The monoisotopic (exact) mass is 238 g/mol. The summed E-state index contributed by atoms with van der Waals surface area (Å²) >= 11 is 6.00. The van der Waals surface area contributed by atoms with Crippen LogP contribution in [0.25, 0.3) is 0 Å². The van der Waals surface area contributed by atoms with Gasteiger partial charge in [-0.1, -0.05) is 12.1 Å². The van der Waals surface area contributed by atoms with E-state index in [2.05, 4.69) is 32.9 Å². The van der Waals surface area contributed by atoms with Crippen LogP contribution in [0.1, 0.15) is 34.8 Å². The van der Waals surface area contributed by atoms with E-state index in [1.54, 1.807) is 0 Å². The van der Waals surface area contributed by atoms with Crippen LogP contribution in [0.4, 0.5) is 0 Å². The lowest BCUT2D eigenvalue weighted by molar-refractivity contribution is 0.0946. The van der Waals surface area contributed by atoms with Crippen LogP contribution in [0.5, 0.6) is 0 Å². The Morgan fingerprint density at radius 1 is 1.19 bits per heavy atom. The Hall–Kier alpha value is -0.530. The lowest BCUT2D eigenvalue weighted by Gasteiger charge is -2.20. The van der Waals surface area contributed by atoms with E-state index in [0.29, 0.717) is 11.8 Å². The maximum atomic E-state index is 6.00. The highest BCUT2D eigenvalue weighted by Gasteiger charge is 2.30. The Labute approximate surface area is 103 Å². The molecule has 1 heterocycles. The first-order valence-corrected chi connectivity index (χ1v) is 6.42. The van der Waals surface area contributed by atoms with Crippen LogP contribution in [-0.4, -0.2) is 12.5 Å². The molecule has 1 saturated heterocycles. The number of hydrogen-bond donors (Lipinski definition) is 0. The third-order valence-electron chi connectivity index (χ3n) is 3.60. The van der Waals surface area contributed by atoms with Crippen molar-refractivity contribution < 1.29 is 4.74 Å². The fourth-order valence-corrected chi connectivity index (χ4v) is 2.74. The van der Waals surface area contributed by atoms with Gasteiger partial charge in [-0.2, -0.15) is 0 Å². The number of ether oxygens (including phenoxy) is 1. The summed E-state index contributed by atoms with van der Waals surface area (Å²) in [5, 5.41) is 0. The maximum Gasteiger partial charge on any atom is 0.0867 e. The predicted molar refractivity (Wildman–Crippen MR) is 68.2 cm³/mol. The molecule has 1 aromatic carbocycles. The smallest absolute Gasteiger partial charge is 0.0867 e. The highest BCUT2D eigenvalue weighted by atomic mass is 35.5. The van der Waals surface area contributed by atoms with Crippen LogP contribution >= 0.6 is 11.6 Å². The van der Waals surface area contributed by atoms with Gasteiger partial charge < -0.3 is 4.74 Å². The molecule has 0 radical (unpaired) electrons. The molecule has 1 aliphatic heterocycles. The summed E-state index contributed by atoms with van der Waals surface area (Å²) in [6, 6.07) is 4.51. The minimum Gasteiger partial charge on any atom is -0.373 e. The van der Waals surface area contributed by atoms with Crippen LogP contribution < -0.4 is 0 Å². The summed E-state index contributed by atoms with van der Waals surface area (Å²) in [6.45, 7) is 7.31. The van der Waals surface area contributed by atoms with Crippen LogP contribution in [-0.2, 0) is 4.74 Å². The Bertz CT molecular complexity index is 387. The van der Waals surface area contributed by atoms with Crippen molar-refractivity contribution in [1.29, 1.82) is 0 Å². The third kappa shape index (κ3) is 2.11. The molecule has 0 aromatic heterocycles. The molecule has 0 N–H and O–H groups in total. The van der Waals surface area contributed by atoms with Crippen LogP contribution in [0.2, 0.25) is 0 Å². The first-order valence-electron chi connectivity index (χ1n) is 5.88. The van der Waals surface area contributed by atoms with E-state index >= 15 is 0 Å². The molecule has 88 valence electrons. The average Bonchev–Trinajstić information content (AvgIpc) is 2.71. The van der Waals surface area contributed by atoms with Crippen molar-refractivity contribution in [2.45, 2.75) is 33.3 Å². The third-order valence-corrected chi connectivity index (χ3v) is 4.00. The molecule has 0 saturated carbocycles. The second-order valence-corrected chi connectivity index (χ2v) is 5.10. The van der Waals surface area contributed by atoms with Gasteiger partial charge in [0.15, 0.2) is 0 Å². The SMILES string of the molecule is Cc1cc(C)c(C2OCCC2CCl)cc1C. The fourth-order valence-electron chi connectivity index (χ4n) is 2.42. The molecular weight excluding hydrogens is 220 g/mol. The van der Waals surface area contributed by atoms with E-state index in [-0.39, 0.29) is 6.10 Å². The van der Waals surface area contributed by atoms with Crippen molar-refractivity contribution in [2.75, 3.05) is 12.5 Å². The first-order chi connectivity index (χ1) is 7.63. The van der Waals surface area contributed by atoms with Gasteiger partial charge in [0, 0.05) is 18.4 Å². The van der Waals surface area contributed by atoms with Gasteiger partial charge in [0.25, 0.3) is 0 Å². The Morgan fingerprint density at radius 3 is 2.56 bits per heavy atom. The topological polar surface area (TPSA) is 9.23 Å². The van der Waals surface area contributed by atoms with Crippen molar-refractivity contribution >= 4 is 11.6 Å². The number of rotatable bonds is 2. The lowest BCUT2D eigenvalue weighted by atomic mass is 9.91. The molecule has 2 unspecified atom stereocenters. The molecule has 0 amide bonds. The second kappa shape index (κ2) is 4.77. The average molecular weight is 239 g/mol. The van der Waals surface area contributed by atoms with Crippen LogP contribution in [0.3, 0.4) is 0 Å². The number of benzene rings is 1. The fraction of sp³-hybridized carbons (Fsp3) is 0.571. The number of alkyl halides is 1. The van der Waals surface area contributed by atoms with Crippen molar-refractivity contribution in [3.63, 3.8) is 0 Å². The van der Waals surface area contributed by atoms with E-state index in [9.17, 15) is 0 Å². The molecule has 2 atom stereocenters. The Kier molecular flexibility index (Phi) is 3.56. The quantitative estimate of drug-likeness (QED) is 0.710. The van der Waals surface area contributed by atoms with Crippen LogP contribution in [0, 0.1) is 26.7 Å². The van der Waals surface area contributed by atoms with Crippen molar-refractivity contribution in [1.82, 2.24) is 0 Å². The van der Waals surface area contributed by atoms with Gasteiger partial charge in [0.1, 0.15) is 0 Å². The van der Waals surface area contributed by atoms with Gasteiger partial charge >= 0.3 is 0 Å². The van der Waals surface area contributed by atoms with Gasteiger partial charge in [-0.3, -0.25) is 0 Å². The Morgan fingerprint density at radius 2 is 1.88 bits per heavy atom. The van der Waals surface area contributed by atoms with Gasteiger partial charge in [-0.05, 0) is 49.4 Å². The van der Waals surface area contributed by atoms with Gasteiger partial charge in [0.2, 0.25) is 0 Å². The summed E-state index contributed by atoms with van der Waals surface area (Å²) in [5.41, 5.74) is 5.34. The zero-order chi connectivity index (χ0) is 11.7. The van der Waals surface area contributed by atoms with E-state index in [0.717, 1.165) is 13.0 Å². The predicted octanol–water partition coefficient (Wildman–Crippen LogP) is 3.93. The molecule has 2 rings (SSSR count). The first kappa shape index (κ1) is 11.9. The summed E-state index contributed by atoms with van der Waals surface area (Å²) in [4.78, 5) is 0.